The third-order valence-corrected chi connectivity index (χ3v) is 2.64. The van der Waals surface area contributed by atoms with Gasteiger partial charge in [-0.2, -0.15) is 0 Å². The van der Waals surface area contributed by atoms with Gasteiger partial charge in [-0.1, -0.05) is 30.3 Å². The molecule has 2 unspecified atom stereocenters. The maximum atomic E-state index is 5.44. The van der Waals surface area contributed by atoms with Crippen LogP contribution in [0.3, 0.4) is 0 Å². The fourth-order valence-corrected chi connectivity index (χ4v) is 1.88. The highest BCUT2D eigenvalue weighted by atomic mass is 35.5. The normalized spacial score (nSPS) is 27.1. The van der Waals surface area contributed by atoms with Crippen LogP contribution in [-0.4, -0.2) is 6.54 Å². The van der Waals surface area contributed by atoms with E-state index in [1.807, 2.05) is 0 Å². The minimum absolute atomic E-state index is 0.748. The van der Waals surface area contributed by atoms with E-state index in [1.54, 1.807) is 0 Å². The van der Waals surface area contributed by atoms with E-state index in [0.717, 1.165) is 18.4 Å². The summed E-state index contributed by atoms with van der Waals surface area (Å²) in [5.41, 5.74) is 1.45. The molecule has 0 aromatic heterocycles. The Kier molecular flexibility index (Phi) is 2.33. The second kappa shape index (κ2) is 3.46. The minimum Gasteiger partial charge on any atom is -0.233 e. The molecule has 1 saturated carbocycles. The number of hydrogen-bond acceptors (Lipinski definition) is 1. The summed E-state index contributed by atoms with van der Waals surface area (Å²) in [6.45, 7) is 0.932. The Morgan fingerprint density at radius 3 is 2.75 bits per heavy atom. The standard InChI is InChI=1S/C10H12ClN/c11-12-7-9-6-10(9)8-4-2-1-3-5-8/h1-5,9-10,12H,6-7H2. The fraction of sp³-hybridized carbons (Fsp3) is 0.400. The van der Waals surface area contributed by atoms with Crippen LogP contribution in [0.2, 0.25) is 0 Å². The molecule has 1 N–H and O–H groups in total. The van der Waals surface area contributed by atoms with Crippen LogP contribution in [-0.2, 0) is 0 Å². The predicted molar refractivity (Wildman–Crippen MR) is 51.1 cm³/mol. The SMILES string of the molecule is ClNCC1CC1c1ccccc1. The number of halogens is 1. The summed E-state index contributed by atoms with van der Waals surface area (Å²) < 4.78 is 0. The first-order valence-corrected chi connectivity index (χ1v) is 4.68. The molecule has 1 nitrogen and oxygen atoms in total. The summed E-state index contributed by atoms with van der Waals surface area (Å²) in [6.07, 6.45) is 1.28. The first-order chi connectivity index (χ1) is 5.92. The zero-order valence-electron chi connectivity index (χ0n) is 6.83. The van der Waals surface area contributed by atoms with Crippen LogP contribution >= 0.6 is 11.8 Å². The van der Waals surface area contributed by atoms with E-state index in [0.29, 0.717) is 0 Å². The average Bonchev–Trinajstić information content (AvgIpc) is 2.87. The van der Waals surface area contributed by atoms with E-state index >= 15 is 0 Å². The molecule has 64 valence electrons. The average molecular weight is 182 g/mol. The van der Waals surface area contributed by atoms with E-state index in [4.69, 9.17) is 11.8 Å². The summed E-state index contributed by atoms with van der Waals surface area (Å²) in [6, 6.07) is 10.6. The molecule has 1 aromatic carbocycles. The molecule has 2 atom stereocenters. The molecule has 2 rings (SSSR count). The predicted octanol–water partition coefficient (Wildman–Crippen LogP) is 2.53. The van der Waals surface area contributed by atoms with E-state index < -0.39 is 0 Å². The van der Waals surface area contributed by atoms with Gasteiger partial charge in [0.05, 0.1) is 0 Å². The molecule has 2 heteroatoms. The molecule has 0 heterocycles. The quantitative estimate of drug-likeness (QED) is 0.707. The smallest absolute Gasteiger partial charge is 0.0142 e. The van der Waals surface area contributed by atoms with Crippen LogP contribution in [0, 0.1) is 5.92 Å². The maximum Gasteiger partial charge on any atom is 0.0142 e. The zero-order chi connectivity index (χ0) is 8.39. The van der Waals surface area contributed by atoms with E-state index in [2.05, 4.69) is 35.2 Å². The molecule has 1 aliphatic carbocycles. The van der Waals surface area contributed by atoms with Gasteiger partial charge in [-0.3, -0.25) is 0 Å². The van der Waals surface area contributed by atoms with Crippen molar-refractivity contribution in [1.29, 1.82) is 0 Å². The van der Waals surface area contributed by atoms with E-state index in [1.165, 1.54) is 12.0 Å². The van der Waals surface area contributed by atoms with Crippen molar-refractivity contribution in [3.05, 3.63) is 35.9 Å². The molecule has 0 saturated heterocycles. The molecule has 1 aliphatic rings. The molecule has 0 radical (unpaired) electrons. The first-order valence-electron chi connectivity index (χ1n) is 4.30. The van der Waals surface area contributed by atoms with Crippen molar-refractivity contribution in [2.75, 3.05) is 6.54 Å². The topological polar surface area (TPSA) is 12.0 Å². The monoisotopic (exact) mass is 181 g/mol. The van der Waals surface area contributed by atoms with Crippen molar-refractivity contribution < 1.29 is 0 Å². The Morgan fingerprint density at radius 2 is 2.08 bits per heavy atom. The van der Waals surface area contributed by atoms with E-state index in [9.17, 15) is 0 Å². The van der Waals surface area contributed by atoms with Crippen LogP contribution in [0.15, 0.2) is 30.3 Å². The van der Waals surface area contributed by atoms with Crippen molar-refractivity contribution >= 4 is 11.8 Å². The van der Waals surface area contributed by atoms with Gasteiger partial charge in [0.25, 0.3) is 0 Å². The van der Waals surface area contributed by atoms with Crippen molar-refractivity contribution in [2.24, 2.45) is 5.92 Å². The minimum atomic E-state index is 0.748. The molecular formula is C10H12ClN. The second-order valence-electron chi connectivity index (χ2n) is 3.35. The Labute approximate surface area is 77.9 Å². The summed E-state index contributed by atoms with van der Waals surface area (Å²) in [4.78, 5) is 2.70. The lowest BCUT2D eigenvalue weighted by molar-refractivity contribution is 0.766. The van der Waals surface area contributed by atoms with Gasteiger partial charge in [0.1, 0.15) is 0 Å². The summed E-state index contributed by atoms with van der Waals surface area (Å²) in [7, 11) is 0. The highest BCUT2D eigenvalue weighted by Crippen LogP contribution is 2.46. The summed E-state index contributed by atoms with van der Waals surface area (Å²) in [5, 5.41) is 0. The van der Waals surface area contributed by atoms with Crippen molar-refractivity contribution in [3.8, 4) is 0 Å². The lowest BCUT2D eigenvalue weighted by atomic mass is 10.1. The van der Waals surface area contributed by atoms with Gasteiger partial charge >= 0.3 is 0 Å². The maximum absolute atomic E-state index is 5.44. The Bertz CT molecular complexity index is 247. The number of nitrogens with one attached hydrogen (secondary N) is 1. The van der Waals surface area contributed by atoms with Crippen LogP contribution in [0.4, 0.5) is 0 Å². The number of rotatable bonds is 3. The van der Waals surface area contributed by atoms with Gasteiger partial charge in [-0.05, 0) is 35.6 Å². The Hall–Kier alpha value is -0.530. The molecule has 0 spiro atoms. The van der Waals surface area contributed by atoms with Crippen molar-refractivity contribution in [1.82, 2.24) is 4.84 Å². The molecule has 1 aromatic rings. The van der Waals surface area contributed by atoms with Gasteiger partial charge in [-0.15, -0.1) is 0 Å². The number of hydrogen-bond donors (Lipinski definition) is 1. The van der Waals surface area contributed by atoms with Gasteiger partial charge in [0.15, 0.2) is 0 Å². The third kappa shape index (κ3) is 1.62. The lowest BCUT2D eigenvalue weighted by Crippen LogP contribution is -2.03. The first kappa shape index (κ1) is 8.09. The molecule has 12 heavy (non-hydrogen) atoms. The highest BCUT2D eigenvalue weighted by Gasteiger charge is 2.37. The molecule has 1 fully saturated rings. The van der Waals surface area contributed by atoms with Gasteiger partial charge in [0, 0.05) is 6.54 Å². The van der Waals surface area contributed by atoms with Gasteiger partial charge in [-0.25, -0.2) is 4.84 Å². The summed E-state index contributed by atoms with van der Waals surface area (Å²) in [5.74, 6) is 1.50. The van der Waals surface area contributed by atoms with Crippen LogP contribution in [0.25, 0.3) is 0 Å². The molecule has 0 bridgehead atoms. The Morgan fingerprint density at radius 1 is 1.33 bits per heavy atom. The van der Waals surface area contributed by atoms with E-state index in [-0.39, 0.29) is 0 Å². The Balaban J connectivity index is 1.97. The van der Waals surface area contributed by atoms with Crippen LogP contribution < -0.4 is 4.84 Å². The van der Waals surface area contributed by atoms with Crippen LogP contribution in [0.5, 0.6) is 0 Å². The molecule has 0 amide bonds. The lowest BCUT2D eigenvalue weighted by Gasteiger charge is -1.97. The second-order valence-corrected chi connectivity index (χ2v) is 3.62. The number of benzene rings is 1. The van der Waals surface area contributed by atoms with Crippen LogP contribution in [0.1, 0.15) is 17.9 Å². The largest absolute Gasteiger partial charge is 0.233 e. The summed E-state index contributed by atoms with van der Waals surface area (Å²) >= 11 is 5.44. The van der Waals surface area contributed by atoms with Gasteiger partial charge < -0.3 is 0 Å². The van der Waals surface area contributed by atoms with Crippen molar-refractivity contribution in [3.63, 3.8) is 0 Å². The zero-order valence-corrected chi connectivity index (χ0v) is 7.59. The molecule has 0 aliphatic heterocycles. The van der Waals surface area contributed by atoms with Gasteiger partial charge in [0.2, 0.25) is 0 Å². The highest BCUT2D eigenvalue weighted by molar-refractivity contribution is 6.13. The third-order valence-electron chi connectivity index (χ3n) is 2.49. The fourth-order valence-electron chi connectivity index (χ4n) is 1.68. The van der Waals surface area contributed by atoms with Crippen molar-refractivity contribution in [2.45, 2.75) is 12.3 Å². The molecular weight excluding hydrogens is 170 g/mol.